The van der Waals surface area contributed by atoms with Crippen molar-refractivity contribution in [1.29, 1.82) is 0 Å². The van der Waals surface area contributed by atoms with E-state index in [0.717, 1.165) is 32.8 Å². The molecule has 1 aliphatic rings. The van der Waals surface area contributed by atoms with Gasteiger partial charge in [-0.25, -0.2) is 4.79 Å². The third-order valence-electron chi connectivity index (χ3n) is 1.99. The highest BCUT2D eigenvalue weighted by Crippen LogP contribution is 1.98. The minimum absolute atomic E-state index is 0.503. The SMILES string of the molecule is NC(=O)N(S)CCN1CCOCC1. The quantitative estimate of drug-likeness (QED) is 0.613. The van der Waals surface area contributed by atoms with E-state index >= 15 is 0 Å². The number of ether oxygens (including phenoxy) is 1. The predicted octanol–water partition coefficient (Wildman–Crippen LogP) is -0.456. The van der Waals surface area contributed by atoms with E-state index in [2.05, 4.69) is 17.7 Å². The zero-order valence-corrected chi connectivity index (χ0v) is 8.37. The van der Waals surface area contributed by atoms with Crippen LogP contribution in [0.2, 0.25) is 0 Å². The fourth-order valence-electron chi connectivity index (χ4n) is 1.17. The van der Waals surface area contributed by atoms with Crippen molar-refractivity contribution in [1.82, 2.24) is 9.21 Å². The summed E-state index contributed by atoms with van der Waals surface area (Å²) < 4.78 is 6.41. The van der Waals surface area contributed by atoms with Gasteiger partial charge in [-0.2, -0.15) is 0 Å². The summed E-state index contributed by atoms with van der Waals surface area (Å²) in [5.74, 6) is 0. The minimum atomic E-state index is -0.503. The van der Waals surface area contributed by atoms with Crippen LogP contribution in [0.5, 0.6) is 0 Å². The molecule has 2 N–H and O–H groups in total. The number of nitrogens with zero attached hydrogens (tertiary/aromatic N) is 2. The van der Waals surface area contributed by atoms with Crippen molar-refractivity contribution in [3.63, 3.8) is 0 Å². The molecule has 2 amide bonds. The second kappa shape index (κ2) is 5.31. The number of morpholine rings is 1. The molecule has 0 saturated carbocycles. The monoisotopic (exact) mass is 205 g/mol. The van der Waals surface area contributed by atoms with Crippen molar-refractivity contribution in [3.05, 3.63) is 0 Å². The largest absolute Gasteiger partial charge is 0.379 e. The summed E-state index contributed by atoms with van der Waals surface area (Å²) in [6, 6.07) is -0.503. The van der Waals surface area contributed by atoms with Gasteiger partial charge in [-0.05, 0) is 0 Å². The maximum atomic E-state index is 10.6. The Morgan fingerprint density at radius 2 is 2.15 bits per heavy atom. The fraction of sp³-hybridized carbons (Fsp3) is 0.857. The van der Waals surface area contributed by atoms with E-state index in [-0.39, 0.29) is 0 Å². The molecule has 1 aliphatic heterocycles. The van der Waals surface area contributed by atoms with Crippen molar-refractivity contribution in [2.24, 2.45) is 5.73 Å². The van der Waals surface area contributed by atoms with Crippen molar-refractivity contribution >= 4 is 18.8 Å². The molecule has 0 aromatic rings. The number of amides is 2. The van der Waals surface area contributed by atoms with E-state index in [1.54, 1.807) is 0 Å². The summed E-state index contributed by atoms with van der Waals surface area (Å²) in [6.07, 6.45) is 0. The molecule has 0 atom stereocenters. The lowest BCUT2D eigenvalue weighted by molar-refractivity contribution is 0.0373. The molecule has 0 unspecified atom stereocenters. The second-order valence-corrected chi connectivity index (χ2v) is 3.40. The van der Waals surface area contributed by atoms with Gasteiger partial charge in [0.25, 0.3) is 0 Å². The summed E-state index contributed by atoms with van der Waals surface area (Å²) >= 11 is 3.93. The first-order valence-electron chi connectivity index (χ1n) is 4.26. The smallest absolute Gasteiger partial charge is 0.324 e. The maximum absolute atomic E-state index is 10.6. The van der Waals surface area contributed by atoms with E-state index in [9.17, 15) is 4.79 Å². The lowest BCUT2D eigenvalue weighted by Gasteiger charge is -2.27. The van der Waals surface area contributed by atoms with Crippen LogP contribution < -0.4 is 5.73 Å². The Labute approximate surface area is 83.3 Å². The van der Waals surface area contributed by atoms with Gasteiger partial charge in [0.05, 0.1) is 13.2 Å². The lowest BCUT2D eigenvalue weighted by Crippen LogP contribution is -2.41. The number of rotatable bonds is 3. The average Bonchev–Trinajstić information content (AvgIpc) is 2.15. The second-order valence-electron chi connectivity index (χ2n) is 2.92. The van der Waals surface area contributed by atoms with Gasteiger partial charge in [-0.15, -0.1) is 0 Å². The molecule has 0 radical (unpaired) electrons. The Morgan fingerprint density at radius 1 is 1.54 bits per heavy atom. The van der Waals surface area contributed by atoms with Gasteiger partial charge in [-0.3, -0.25) is 9.21 Å². The highest BCUT2D eigenvalue weighted by Gasteiger charge is 2.11. The van der Waals surface area contributed by atoms with Crippen LogP contribution in [-0.2, 0) is 4.74 Å². The van der Waals surface area contributed by atoms with E-state index < -0.39 is 6.03 Å². The first kappa shape index (κ1) is 10.6. The highest BCUT2D eigenvalue weighted by molar-refractivity contribution is 7.78. The number of nitrogens with two attached hydrogens (primary N) is 1. The molecule has 6 heteroatoms. The summed E-state index contributed by atoms with van der Waals surface area (Å²) in [4.78, 5) is 12.8. The molecule has 5 nitrogen and oxygen atoms in total. The molecule has 0 aliphatic carbocycles. The molecule has 76 valence electrons. The molecule has 0 spiro atoms. The molecule has 1 heterocycles. The third-order valence-corrected chi connectivity index (χ3v) is 2.38. The van der Waals surface area contributed by atoms with Crippen LogP contribution in [0.4, 0.5) is 4.79 Å². The van der Waals surface area contributed by atoms with E-state index in [4.69, 9.17) is 10.5 Å². The predicted molar refractivity (Wildman–Crippen MR) is 52.5 cm³/mol. The Kier molecular flexibility index (Phi) is 4.34. The molecular weight excluding hydrogens is 190 g/mol. The van der Waals surface area contributed by atoms with Crippen LogP contribution in [0.25, 0.3) is 0 Å². The molecule has 0 aromatic carbocycles. The summed E-state index contributed by atoms with van der Waals surface area (Å²) in [5, 5.41) is 0. The number of thiol groups is 1. The minimum Gasteiger partial charge on any atom is -0.379 e. The van der Waals surface area contributed by atoms with Gasteiger partial charge in [0.15, 0.2) is 0 Å². The summed E-state index contributed by atoms with van der Waals surface area (Å²) in [5.41, 5.74) is 5.02. The first-order chi connectivity index (χ1) is 6.20. The number of urea groups is 1. The maximum Gasteiger partial charge on any atom is 0.324 e. The number of primary amides is 1. The molecule has 0 aromatic heterocycles. The molecule has 1 rings (SSSR count). The molecule has 1 saturated heterocycles. The van der Waals surface area contributed by atoms with Crippen molar-refractivity contribution in [2.45, 2.75) is 0 Å². The molecule has 1 fully saturated rings. The average molecular weight is 205 g/mol. The lowest BCUT2D eigenvalue weighted by atomic mass is 10.4. The van der Waals surface area contributed by atoms with Gasteiger partial charge in [-0.1, -0.05) is 12.8 Å². The topological polar surface area (TPSA) is 58.8 Å². The Hall–Kier alpha value is -0.460. The zero-order chi connectivity index (χ0) is 9.68. The van der Waals surface area contributed by atoms with Gasteiger partial charge in [0, 0.05) is 26.2 Å². The van der Waals surface area contributed by atoms with Crippen LogP contribution in [0, 0.1) is 0 Å². The van der Waals surface area contributed by atoms with Crippen molar-refractivity contribution in [3.8, 4) is 0 Å². The zero-order valence-electron chi connectivity index (χ0n) is 7.48. The normalized spacial score (nSPS) is 18.5. The summed E-state index contributed by atoms with van der Waals surface area (Å²) in [6.45, 7) is 4.72. The van der Waals surface area contributed by atoms with Crippen LogP contribution in [0.15, 0.2) is 0 Å². The van der Waals surface area contributed by atoms with E-state index in [1.807, 2.05) is 0 Å². The van der Waals surface area contributed by atoms with Crippen molar-refractivity contribution < 1.29 is 9.53 Å². The number of hydrogen-bond acceptors (Lipinski definition) is 4. The van der Waals surface area contributed by atoms with Crippen LogP contribution >= 0.6 is 12.8 Å². The number of hydrogen-bond donors (Lipinski definition) is 2. The Morgan fingerprint density at radius 3 is 2.69 bits per heavy atom. The van der Waals surface area contributed by atoms with E-state index in [0.29, 0.717) is 6.54 Å². The first-order valence-corrected chi connectivity index (χ1v) is 4.66. The Balaban J connectivity index is 2.13. The highest BCUT2D eigenvalue weighted by atomic mass is 32.1. The van der Waals surface area contributed by atoms with Crippen LogP contribution in [0.3, 0.4) is 0 Å². The van der Waals surface area contributed by atoms with Gasteiger partial charge in [0.1, 0.15) is 0 Å². The van der Waals surface area contributed by atoms with Gasteiger partial charge < -0.3 is 10.5 Å². The molecule has 0 bridgehead atoms. The van der Waals surface area contributed by atoms with E-state index in [1.165, 1.54) is 4.31 Å². The van der Waals surface area contributed by atoms with Crippen molar-refractivity contribution in [2.75, 3.05) is 39.4 Å². The standard InChI is InChI=1S/C7H15N3O2S/c8-7(11)10(13)2-1-9-3-5-12-6-4-9/h13H,1-6H2,(H2,8,11). The fourth-order valence-corrected chi connectivity index (χ4v) is 1.26. The third kappa shape index (κ3) is 3.84. The van der Waals surface area contributed by atoms with Gasteiger partial charge in [0.2, 0.25) is 0 Å². The molecule has 13 heavy (non-hydrogen) atoms. The van der Waals surface area contributed by atoms with Crippen LogP contribution in [0.1, 0.15) is 0 Å². The molecular formula is C7H15N3O2S. The Bertz CT molecular complexity index is 173. The van der Waals surface area contributed by atoms with Gasteiger partial charge >= 0.3 is 6.03 Å². The number of carbonyl (C=O) groups is 1. The number of carbonyl (C=O) groups excluding carboxylic acids is 1. The van der Waals surface area contributed by atoms with Crippen LogP contribution in [-0.4, -0.2) is 54.6 Å². The summed E-state index contributed by atoms with van der Waals surface area (Å²) in [7, 11) is 0.